The maximum absolute atomic E-state index is 11.7. The molecule has 0 bridgehead atoms. The zero-order valence-corrected chi connectivity index (χ0v) is 13.9. The molecular formula is C17H28O4. The predicted molar refractivity (Wildman–Crippen MR) is 80.8 cm³/mol. The predicted octanol–water partition coefficient (Wildman–Crippen LogP) is 3.60. The van der Waals surface area contributed by atoms with E-state index in [4.69, 9.17) is 14.2 Å². The number of esters is 1. The third kappa shape index (κ3) is 3.02. The molecule has 0 aromatic heterocycles. The molecule has 4 heteroatoms. The standard InChI is InChI=1S/C17H28O4/c1-6-8-9-17-13(7-2)12(11-15(18)19-5)10-14(17)20-16(3,4)21-17/h7,12,14H,6,8-11H2,1-5H3/b13-7+/t12-,14+,17-/m0/s1. The summed E-state index contributed by atoms with van der Waals surface area (Å²) in [5.41, 5.74) is 0.865. The van der Waals surface area contributed by atoms with Gasteiger partial charge in [0.05, 0.1) is 19.6 Å². The van der Waals surface area contributed by atoms with Crippen LogP contribution in [0.3, 0.4) is 0 Å². The molecule has 1 saturated heterocycles. The molecule has 21 heavy (non-hydrogen) atoms. The lowest BCUT2D eigenvalue weighted by molar-refractivity contribution is -0.164. The van der Waals surface area contributed by atoms with E-state index in [1.165, 1.54) is 12.7 Å². The summed E-state index contributed by atoms with van der Waals surface area (Å²) in [4.78, 5) is 11.7. The first kappa shape index (κ1) is 16.5. The van der Waals surface area contributed by atoms with Crippen LogP contribution in [-0.4, -0.2) is 30.6 Å². The van der Waals surface area contributed by atoms with E-state index in [1.54, 1.807) is 0 Å². The number of unbranched alkanes of at least 4 members (excludes halogenated alkanes) is 1. The highest BCUT2D eigenvalue weighted by Gasteiger charge is 2.60. The van der Waals surface area contributed by atoms with Crippen molar-refractivity contribution in [3.8, 4) is 0 Å². The zero-order valence-electron chi connectivity index (χ0n) is 13.9. The maximum Gasteiger partial charge on any atom is 0.306 e. The maximum atomic E-state index is 11.7. The summed E-state index contributed by atoms with van der Waals surface area (Å²) in [7, 11) is 1.44. The molecule has 0 aromatic carbocycles. The van der Waals surface area contributed by atoms with E-state index < -0.39 is 5.79 Å². The Hall–Kier alpha value is -0.870. The largest absolute Gasteiger partial charge is 0.469 e. The number of methoxy groups -OCH3 is 1. The molecule has 2 aliphatic rings. The quantitative estimate of drug-likeness (QED) is 0.574. The fraction of sp³-hybridized carbons (Fsp3) is 0.824. The number of rotatable bonds is 5. The molecule has 2 rings (SSSR count). The highest BCUT2D eigenvalue weighted by molar-refractivity contribution is 5.70. The minimum Gasteiger partial charge on any atom is -0.469 e. The van der Waals surface area contributed by atoms with Crippen molar-refractivity contribution in [1.29, 1.82) is 0 Å². The fourth-order valence-electron chi connectivity index (χ4n) is 3.93. The summed E-state index contributed by atoms with van der Waals surface area (Å²) in [5, 5.41) is 0. The van der Waals surface area contributed by atoms with E-state index in [2.05, 4.69) is 13.0 Å². The molecule has 120 valence electrons. The second-order valence-electron chi connectivity index (χ2n) is 6.56. The molecule has 0 amide bonds. The molecule has 2 fully saturated rings. The number of fused-ring (bicyclic) bond motifs is 1. The molecule has 1 heterocycles. The molecule has 4 nitrogen and oxygen atoms in total. The molecule has 3 atom stereocenters. The number of carbonyl (C=O) groups excluding carboxylic acids is 1. The molecule has 0 unspecified atom stereocenters. The van der Waals surface area contributed by atoms with Gasteiger partial charge < -0.3 is 14.2 Å². The second-order valence-corrected chi connectivity index (χ2v) is 6.56. The monoisotopic (exact) mass is 296 g/mol. The smallest absolute Gasteiger partial charge is 0.306 e. The number of ether oxygens (including phenoxy) is 3. The van der Waals surface area contributed by atoms with Gasteiger partial charge in [-0.3, -0.25) is 4.79 Å². The van der Waals surface area contributed by atoms with E-state index in [9.17, 15) is 4.79 Å². The summed E-state index contributed by atoms with van der Waals surface area (Å²) < 4.78 is 17.3. The van der Waals surface area contributed by atoms with Crippen molar-refractivity contribution >= 4 is 5.97 Å². The molecule has 1 aliphatic heterocycles. The van der Waals surface area contributed by atoms with Crippen LogP contribution in [-0.2, 0) is 19.0 Å². The van der Waals surface area contributed by atoms with Gasteiger partial charge in [-0.25, -0.2) is 0 Å². The van der Waals surface area contributed by atoms with Crippen LogP contribution in [0.2, 0.25) is 0 Å². The molecule has 0 spiro atoms. The third-order valence-electron chi connectivity index (χ3n) is 4.65. The Bertz CT molecular complexity index is 427. The second kappa shape index (κ2) is 6.09. The van der Waals surface area contributed by atoms with Gasteiger partial charge in [0.2, 0.25) is 0 Å². The Kier molecular flexibility index (Phi) is 4.79. The first-order chi connectivity index (χ1) is 9.88. The summed E-state index contributed by atoms with van der Waals surface area (Å²) in [5.74, 6) is -0.548. The number of hydrogen-bond acceptors (Lipinski definition) is 4. The van der Waals surface area contributed by atoms with Gasteiger partial charge in [0.15, 0.2) is 5.79 Å². The lowest BCUT2D eigenvalue weighted by Gasteiger charge is -2.31. The molecule has 1 saturated carbocycles. The molecule has 0 N–H and O–H groups in total. The lowest BCUT2D eigenvalue weighted by Crippen LogP contribution is -2.38. The zero-order chi connectivity index (χ0) is 15.7. The Labute approximate surface area is 127 Å². The summed E-state index contributed by atoms with van der Waals surface area (Å²) in [6.45, 7) is 8.16. The highest BCUT2D eigenvalue weighted by Crippen LogP contribution is 2.55. The molecule has 0 aromatic rings. The van der Waals surface area contributed by atoms with Crippen molar-refractivity contribution in [2.24, 2.45) is 5.92 Å². The average molecular weight is 296 g/mol. The molecular weight excluding hydrogens is 268 g/mol. The van der Waals surface area contributed by atoms with E-state index in [-0.39, 0.29) is 23.6 Å². The number of hydrogen-bond donors (Lipinski definition) is 0. The first-order valence-electron chi connectivity index (χ1n) is 8.00. The number of allylic oxidation sites excluding steroid dienone is 1. The minimum atomic E-state index is -0.553. The Morgan fingerprint density at radius 3 is 2.76 bits per heavy atom. The van der Waals surface area contributed by atoms with Crippen molar-refractivity contribution in [3.05, 3.63) is 11.6 Å². The first-order valence-corrected chi connectivity index (χ1v) is 8.00. The van der Waals surface area contributed by atoms with Gasteiger partial charge in [0.1, 0.15) is 5.60 Å². The number of carbonyl (C=O) groups is 1. The van der Waals surface area contributed by atoms with Gasteiger partial charge in [0.25, 0.3) is 0 Å². The van der Waals surface area contributed by atoms with Gasteiger partial charge in [0, 0.05) is 0 Å². The normalized spacial score (nSPS) is 36.0. The van der Waals surface area contributed by atoms with Gasteiger partial charge in [-0.15, -0.1) is 0 Å². The van der Waals surface area contributed by atoms with Crippen molar-refractivity contribution < 1.29 is 19.0 Å². The van der Waals surface area contributed by atoms with Crippen molar-refractivity contribution in [2.75, 3.05) is 7.11 Å². The lowest BCUT2D eigenvalue weighted by atomic mass is 9.86. The Morgan fingerprint density at radius 1 is 1.48 bits per heavy atom. The van der Waals surface area contributed by atoms with E-state index in [0.29, 0.717) is 6.42 Å². The highest BCUT2D eigenvalue weighted by atomic mass is 16.8. The fourth-order valence-corrected chi connectivity index (χ4v) is 3.93. The van der Waals surface area contributed by atoms with Crippen LogP contribution >= 0.6 is 0 Å². The van der Waals surface area contributed by atoms with E-state index in [0.717, 1.165) is 25.7 Å². The summed E-state index contributed by atoms with van der Waals surface area (Å²) >= 11 is 0. The topological polar surface area (TPSA) is 44.8 Å². The van der Waals surface area contributed by atoms with Crippen LogP contribution in [0.1, 0.15) is 59.8 Å². The molecule has 0 radical (unpaired) electrons. The van der Waals surface area contributed by atoms with E-state index >= 15 is 0 Å². The van der Waals surface area contributed by atoms with Crippen LogP contribution in [0.15, 0.2) is 11.6 Å². The van der Waals surface area contributed by atoms with Crippen LogP contribution in [0.5, 0.6) is 0 Å². The summed E-state index contributed by atoms with van der Waals surface area (Å²) in [6, 6.07) is 0. The SMILES string of the molecule is C/C=C1\[C@H](CC(=O)OC)C[C@H]2OC(C)(C)O[C@@]12CCCC. The van der Waals surface area contributed by atoms with Crippen LogP contribution in [0, 0.1) is 5.92 Å². The van der Waals surface area contributed by atoms with Crippen molar-refractivity contribution in [3.63, 3.8) is 0 Å². The van der Waals surface area contributed by atoms with Crippen molar-refractivity contribution in [2.45, 2.75) is 77.3 Å². The minimum absolute atomic E-state index is 0.0416. The van der Waals surface area contributed by atoms with Gasteiger partial charge >= 0.3 is 5.97 Å². The summed E-state index contributed by atoms with van der Waals surface area (Å²) in [6.07, 6.45) is 6.58. The van der Waals surface area contributed by atoms with E-state index in [1.807, 2.05) is 20.8 Å². The Morgan fingerprint density at radius 2 is 2.19 bits per heavy atom. The van der Waals surface area contributed by atoms with Crippen molar-refractivity contribution in [1.82, 2.24) is 0 Å². The average Bonchev–Trinajstić information content (AvgIpc) is 2.82. The van der Waals surface area contributed by atoms with Gasteiger partial charge in [-0.1, -0.05) is 25.8 Å². The van der Waals surface area contributed by atoms with Crippen LogP contribution in [0.25, 0.3) is 0 Å². The van der Waals surface area contributed by atoms with Gasteiger partial charge in [-0.05, 0) is 45.1 Å². The third-order valence-corrected chi connectivity index (χ3v) is 4.65. The Balaban J connectivity index is 2.27. The van der Waals surface area contributed by atoms with Gasteiger partial charge in [-0.2, -0.15) is 0 Å². The van der Waals surface area contributed by atoms with Crippen LogP contribution < -0.4 is 0 Å². The molecule has 1 aliphatic carbocycles. The van der Waals surface area contributed by atoms with Crippen LogP contribution in [0.4, 0.5) is 0 Å².